The Hall–Kier alpha value is -0.560. The van der Waals surface area contributed by atoms with Crippen LogP contribution >= 0.6 is 22.6 Å². The van der Waals surface area contributed by atoms with Crippen molar-refractivity contribution in [1.29, 1.82) is 5.26 Å². The maximum atomic E-state index is 8.71. The molecule has 0 aliphatic rings. The van der Waals surface area contributed by atoms with E-state index in [4.69, 9.17) is 5.26 Å². The molecule has 0 aliphatic heterocycles. The highest BCUT2D eigenvalue weighted by Gasteiger charge is 2.14. The third-order valence-corrected chi connectivity index (χ3v) is 3.56. The van der Waals surface area contributed by atoms with E-state index >= 15 is 0 Å². The van der Waals surface area contributed by atoms with Crippen molar-refractivity contribution in [3.63, 3.8) is 0 Å². The van der Waals surface area contributed by atoms with E-state index in [2.05, 4.69) is 40.8 Å². The number of hydrogen-bond acceptors (Lipinski definition) is 1. The molecule has 0 radical (unpaired) electrons. The lowest BCUT2D eigenvalue weighted by Gasteiger charge is -2.11. The topological polar surface area (TPSA) is 23.8 Å². The van der Waals surface area contributed by atoms with Gasteiger partial charge in [0.15, 0.2) is 0 Å². The summed E-state index contributed by atoms with van der Waals surface area (Å²) in [6, 6.07) is 12.4. The number of halogens is 1. The summed E-state index contributed by atoms with van der Waals surface area (Å²) in [5.41, 5.74) is 1.23. The smallest absolute Gasteiger partial charge is 0.0667 e. The van der Waals surface area contributed by atoms with Crippen LogP contribution in [0.2, 0.25) is 0 Å². The van der Waals surface area contributed by atoms with Crippen molar-refractivity contribution in [2.24, 2.45) is 5.92 Å². The largest absolute Gasteiger partial charge is 0.198 e. The van der Waals surface area contributed by atoms with E-state index in [1.807, 2.05) is 25.1 Å². The number of hydrogen-bond donors (Lipinski definition) is 0. The Morgan fingerprint density at radius 3 is 2.42 bits per heavy atom. The van der Waals surface area contributed by atoms with Crippen LogP contribution < -0.4 is 0 Å². The highest BCUT2D eigenvalue weighted by atomic mass is 127. The van der Waals surface area contributed by atoms with Gasteiger partial charge in [0.2, 0.25) is 0 Å². The summed E-state index contributed by atoms with van der Waals surface area (Å²) in [6.07, 6.45) is 0. The Labute approximate surface area is 86.5 Å². The molecule has 2 atom stereocenters. The molecule has 2 heteroatoms. The summed E-state index contributed by atoms with van der Waals surface area (Å²) in [5.74, 6) is 0.0769. The van der Waals surface area contributed by atoms with E-state index < -0.39 is 0 Å². The van der Waals surface area contributed by atoms with Crippen LogP contribution in [0.4, 0.5) is 0 Å². The number of rotatable bonds is 2. The van der Waals surface area contributed by atoms with Gasteiger partial charge in [0.1, 0.15) is 0 Å². The van der Waals surface area contributed by atoms with Gasteiger partial charge in [-0.25, -0.2) is 0 Å². The lowest BCUT2D eigenvalue weighted by atomic mass is 10.0. The van der Waals surface area contributed by atoms with Crippen LogP contribution in [0, 0.1) is 17.2 Å². The average Bonchev–Trinajstić information content (AvgIpc) is 2.17. The molecule has 0 saturated carbocycles. The van der Waals surface area contributed by atoms with Crippen LogP contribution in [0.3, 0.4) is 0 Å². The summed E-state index contributed by atoms with van der Waals surface area (Å²) in [5, 5.41) is 8.71. The second-order valence-electron chi connectivity index (χ2n) is 2.73. The minimum Gasteiger partial charge on any atom is -0.198 e. The first-order chi connectivity index (χ1) is 5.75. The second-order valence-corrected chi connectivity index (χ2v) is 4.07. The van der Waals surface area contributed by atoms with Crippen LogP contribution in [0.1, 0.15) is 16.4 Å². The first-order valence-corrected chi connectivity index (χ1v) is 5.09. The molecule has 0 amide bonds. The van der Waals surface area contributed by atoms with Crippen molar-refractivity contribution >= 4 is 22.6 Å². The van der Waals surface area contributed by atoms with Crippen molar-refractivity contribution in [3.05, 3.63) is 35.9 Å². The number of nitriles is 1. The van der Waals surface area contributed by atoms with Gasteiger partial charge in [0, 0.05) is 0 Å². The van der Waals surface area contributed by atoms with E-state index in [-0.39, 0.29) is 5.92 Å². The third kappa shape index (κ3) is 2.21. The lowest BCUT2D eigenvalue weighted by molar-refractivity contribution is 0.744. The van der Waals surface area contributed by atoms with Gasteiger partial charge in [-0.2, -0.15) is 5.26 Å². The molecule has 1 nitrogen and oxygen atoms in total. The second kappa shape index (κ2) is 4.46. The van der Waals surface area contributed by atoms with E-state index in [1.54, 1.807) is 0 Å². The van der Waals surface area contributed by atoms with Crippen molar-refractivity contribution < 1.29 is 0 Å². The van der Waals surface area contributed by atoms with Gasteiger partial charge in [-0.3, -0.25) is 0 Å². The molecule has 12 heavy (non-hydrogen) atoms. The molecule has 1 aromatic carbocycles. The van der Waals surface area contributed by atoms with Gasteiger partial charge in [0.25, 0.3) is 0 Å². The summed E-state index contributed by atoms with van der Waals surface area (Å²) in [4.78, 5) is 0. The normalized spacial score (nSPS) is 14.8. The molecule has 0 heterocycles. The maximum Gasteiger partial charge on any atom is 0.0667 e. The highest BCUT2D eigenvalue weighted by molar-refractivity contribution is 14.1. The van der Waals surface area contributed by atoms with Crippen LogP contribution in [-0.2, 0) is 0 Å². The predicted molar refractivity (Wildman–Crippen MR) is 58.0 cm³/mol. The first-order valence-electron chi connectivity index (χ1n) is 3.84. The van der Waals surface area contributed by atoms with E-state index in [9.17, 15) is 0 Å². The Morgan fingerprint density at radius 2 is 1.92 bits per heavy atom. The Morgan fingerprint density at radius 1 is 1.33 bits per heavy atom. The molecule has 62 valence electrons. The number of alkyl halides is 1. The monoisotopic (exact) mass is 271 g/mol. The maximum absolute atomic E-state index is 8.71. The van der Waals surface area contributed by atoms with Crippen molar-refractivity contribution in [1.82, 2.24) is 0 Å². The van der Waals surface area contributed by atoms with Gasteiger partial charge in [0.05, 0.1) is 15.9 Å². The van der Waals surface area contributed by atoms with Crippen LogP contribution in [0.25, 0.3) is 0 Å². The highest BCUT2D eigenvalue weighted by Crippen LogP contribution is 2.30. The van der Waals surface area contributed by atoms with Gasteiger partial charge >= 0.3 is 0 Å². The Kier molecular flexibility index (Phi) is 3.54. The summed E-state index contributed by atoms with van der Waals surface area (Å²) in [6.45, 7) is 1.95. The minimum absolute atomic E-state index is 0.0769. The van der Waals surface area contributed by atoms with Crippen molar-refractivity contribution in [2.75, 3.05) is 0 Å². The fourth-order valence-corrected chi connectivity index (χ4v) is 1.57. The molecule has 2 unspecified atom stereocenters. The molecule has 0 saturated heterocycles. The lowest BCUT2D eigenvalue weighted by Crippen LogP contribution is -1.99. The van der Waals surface area contributed by atoms with Crippen molar-refractivity contribution in [3.8, 4) is 6.07 Å². The quantitative estimate of drug-likeness (QED) is 0.598. The molecule has 0 aliphatic carbocycles. The van der Waals surface area contributed by atoms with Gasteiger partial charge < -0.3 is 0 Å². The molecule has 0 bridgehead atoms. The zero-order valence-electron chi connectivity index (χ0n) is 6.87. The fourth-order valence-electron chi connectivity index (χ4n) is 0.991. The van der Waals surface area contributed by atoms with Crippen LogP contribution in [0.15, 0.2) is 30.3 Å². The van der Waals surface area contributed by atoms with Gasteiger partial charge in [-0.05, 0) is 12.5 Å². The molecule has 1 rings (SSSR count). The van der Waals surface area contributed by atoms with E-state index in [0.29, 0.717) is 3.92 Å². The van der Waals surface area contributed by atoms with Crippen LogP contribution in [-0.4, -0.2) is 0 Å². The molecular weight excluding hydrogens is 261 g/mol. The Balaban J connectivity index is 2.80. The zero-order chi connectivity index (χ0) is 8.97. The van der Waals surface area contributed by atoms with Crippen LogP contribution in [0.5, 0.6) is 0 Å². The standard InChI is InChI=1S/C10H10IN/c1-8(7-12)10(11)9-5-3-2-4-6-9/h2-6,8,10H,1H3. The van der Waals surface area contributed by atoms with Gasteiger partial charge in [-0.1, -0.05) is 52.9 Å². The first kappa shape index (κ1) is 9.53. The minimum atomic E-state index is 0.0769. The SMILES string of the molecule is CC(C#N)C(I)c1ccccc1. The zero-order valence-corrected chi connectivity index (χ0v) is 9.02. The van der Waals surface area contributed by atoms with E-state index in [1.165, 1.54) is 5.56 Å². The number of nitrogens with zero attached hydrogens (tertiary/aromatic N) is 1. The third-order valence-electron chi connectivity index (χ3n) is 1.76. The molecule has 0 N–H and O–H groups in total. The molecule has 0 aromatic heterocycles. The molecule has 1 aromatic rings. The fraction of sp³-hybridized carbons (Fsp3) is 0.300. The summed E-state index contributed by atoms with van der Waals surface area (Å²) < 4.78 is 0.300. The molecule has 0 fully saturated rings. The Bertz CT molecular complexity index is 276. The van der Waals surface area contributed by atoms with Gasteiger partial charge in [-0.15, -0.1) is 0 Å². The average molecular weight is 271 g/mol. The molecular formula is C10H10IN. The summed E-state index contributed by atoms with van der Waals surface area (Å²) in [7, 11) is 0. The predicted octanol–water partition coefficient (Wildman–Crippen LogP) is 3.32. The number of benzene rings is 1. The van der Waals surface area contributed by atoms with E-state index in [0.717, 1.165) is 0 Å². The summed E-state index contributed by atoms with van der Waals surface area (Å²) >= 11 is 2.31. The van der Waals surface area contributed by atoms with Crippen molar-refractivity contribution in [2.45, 2.75) is 10.8 Å². The molecule has 0 spiro atoms.